The number of imide groups is 1. The summed E-state index contributed by atoms with van der Waals surface area (Å²) in [6, 6.07) is 13.1. The molecule has 3 nitrogen and oxygen atoms in total. The average molecular weight is 362 g/mol. The maximum Gasteiger partial charge on any atom is 0.237 e. The molecule has 0 saturated carbocycles. The molecule has 0 spiro atoms. The third-order valence-electron chi connectivity index (χ3n) is 3.72. The highest BCUT2D eigenvalue weighted by Gasteiger charge is 2.39. The highest BCUT2D eigenvalue weighted by atomic mass is 79.9. The van der Waals surface area contributed by atoms with Crippen molar-refractivity contribution in [1.29, 1.82) is 0 Å². The predicted octanol–water partition coefficient (Wildman–Crippen LogP) is 3.71. The number of amides is 2. The standard InChI is InChI=1S/C17H13BrFNO2/c18-13-3-1-11(2-4-13)9-12-10-16(21)20(17(12)22)15-7-5-14(19)6-8-15/h1-8,12H,9-10H2. The molecule has 0 aliphatic carbocycles. The maximum atomic E-state index is 13.0. The lowest BCUT2D eigenvalue weighted by Gasteiger charge is -2.15. The van der Waals surface area contributed by atoms with E-state index in [1.807, 2.05) is 24.3 Å². The largest absolute Gasteiger partial charge is 0.274 e. The highest BCUT2D eigenvalue weighted by Crippen LogP contribution is 2.29. The SMILES string of the molecule is O=C1CC(Cc2ccc(Br)cc2)C(=O)N1c1ccc(F)cc1. The van der Waals surface area contributed by atoms with Gasteiger partial charge in [0.2, 0.25) is 11.8 Å². The van der Waals surface area contributed by atoms with E-state index in [0.717, 1.165) is 14.9 Å². The van der Waals surface area contributed by atoms with Gasteiger partial charge in [-0.25, -0.2) is 4.39 Å². The molecule has 22 heavy (non-hydrogen) atoms. The van der Waals surface area contributed by atoms with E-state index in [1.165, 1.54) is 24.3 Å². The Morgan fingerprint density at radius 1 is 1.05 bits per heavy atom. The Balaban J connectivity index is 1.79. The molecule has 3 rings (SSSR count). The molecule has 1 unspecified atom stereocenters. The highest BCUT2D eigenvalue weighted by molar-refractivity contribution is 9.10. The molecule has 2 aromatic rings. The summed E-state index contributed by atoms with van der Waals surface area (Å²) in [5.41, 5.74) is 1.44. The van der Waals surface area contributed by atoms with Crippen molar-refractivity contribution in [1.82, 2.24) is 0 Å². The second-order valence-corrected chi connectivity index (χ2v) is 6.19. The zero-order chi connectivity index (χ0) is 15.7. The van der Waals surface area contributed by atoms with Gasteiger partial charge >= 0.3 is 0 Å². The lowest BCUT2D eigenvalue weighted by atomic mass is 9.98. The third-order valence-corrected chi connectivity index (χ3v) is 4.25. The molecule has 1 saturated heterocycles. The van der Waals surface area contributed by atoms with Gasteiger partial charge in [0.15, 0.2) is 0 Å². The van der Waals surface area contributed by atoms with Crippen molar-refractivity contribution in [3.05, 3.63) is 64.4 Å². The van der Waals surface area contributed by atoms with Gasteiger partial charge in [-0.2, -0.15) is 0 Å². The number of anilines is 1. The summed E-state index contributed by atoms with van der Waals surface area (Å²) in [7, 11) is 0. The van der Waals surface area contributed by atoms with Gasteiger partial charge in [0.25, 0.3) is 0 Å². The van der Waals surface area contributed by atoms with E-state index in [1.54, 1.807) is 0 Å². The van der Waals surface area contributed by atoms with Crippen LogP contribution in [-0.2, 0) is 16.0 Å². The van der Waals surface area contributed by atoms with Crippen LogP contribution in [0.1, 0.15) is 12.0 Å². The van der Waals surface area contributed by atoms with Crippen molar-refractivity contribution in [2.45, 2.75) is 12.8 Å². The van der Waals surface area contributed by atoms with Crippen molar-refractivity contribution in [2.75, 3.05) is 4.90 Å². The zero-order valence-electron chi connectivity index (χ0n) is 11.6. The van der Waals surface area contributed by atoms with Gasteiger partial charge < -0.3 is 0 Å². The molecule has 2 amide bonds. The molecular formula is C17H13BrFNO2. The second kappa shape index (κ2) is 6.01. The molecule has 1 aliphatic rings. The van der Waals surface area contributed by atoms with Gasteiger partial charge in [0, 0.05) is 10.9 Å². The molecule has 0 bridgehead atoms. The first-order chi connectivity index (χ1) is 10.5. The third kappa shape index (κ3) is 2.95. The minimum absolute atomic E-state index is 0.187. The fourth-order valence-corrected chi connectivity index (χ4v) is 2.89. The van der Waals surface area contributed by atoms with Crippen LogP contribution in [0.25, 0.3) is 0 Å². The first-order valence-electron chi connectivity index (χ1n) is 6.91. The van der Waals surface area contributed by atoms with Gasteiger partial charge in [-0.15, -0.1) is 0 Å². The summed E-state index contributed by atoms with van der Waals surface area (Å²) < 4.78 is 13.9. The molecule has 2 aromatic carbocycles. The van der Waals surface area contributed by atoms with E-state index < -0.39 is 5.82 Å². The Morgan fingerprint density at radius 2 is 1.68 bits per heavy atom. The predicted molar refractivity (Wildman–Crippen MR) is 84.8 cm³/mol. The molecule has 1 heterocycles. The molecule has 1 fully saturated rings. The molecule has 1 atom stereocenters. The monoisotopic (exact) mass is 361 g/mol. The van der Waals surface area contributed by atoms with Crippen LogP contribution in [0.5, 0.6) is 0 Å². The smallest absolute Gasteiger partial charge is 0.237 e. The first-order valence-corrected chi connectivity index (χ1v) is 7.71. The fourth-order valence-electron chi connectivity index (χ4n) is 2.62. The van der Waals surface area contributed by atoms with Crippen molar-refractivity contribution in [2.24, 2.45) is 5.92 Å². The lowest BCUT2D eigenvalue weighted by Crippen LogP contribution is -2.30. The molecule has 1 aliphatic heterocycles. The van der Waals surface area contributed by atoms with Crippen LogP contribution in [0.15, 0.2) is 53.0 Å². The number of carbonyl (C=O) groups excluding carboxylic acids is 2. The van der Waals surface area contributed by atoms with E-state index >= 15 is 0 Å². The molecule has 112 valence electrons. The van der Waals surface area contributed by atoms with E-state index in [4.69, 9.17) is 0 Å². The van der Waals surface area contributed by atoms with Crippen LogP contribution >= 0.6 is 15.9 Å². The quantitative estimate of drug-likeness (QED) is 0.781. The first kappa shape index (κ1) is 14.9. The molecule has 0 N–H and O–H groups in total. The number of hydrogen-bond acceptors (Lipinski definition) is 2. The number of carbonyl (C=O) groups is 2. The van der Waals surface area contributed by atoms with E-state index in [0.29, 0.717) is 12.1 Å². The Kier molecular flexibility index (Phi) is 4.07. The summed E-state index contributed by atoms with van der Waals surface area (Å²) >= 11 is 3.37. The maximum absolute atomic E-state index is 13.0. The van der Waals surface area contributed by atoms with Gasteiger partial charge in [0.05, 0.1) is 11.6 Å². The molecular weight excluding hydrogens is 349 g/mol. The number of halogens is 2. The van der Waals surface area contributed by atoms with Crippen molar-refractivity contribution in [3.63, 3.8) is 0 Å². The Labute approximate surface area is 135 Å². The van der Waals surface area contributed by atoms with Crippen LogP contribution in [0, 0.1) is 11.7 Å². The van der Waals surface area contributed by atoms with Gasteiger partial charge in [0.1, 0.15) is 5.82 Å². The van der Waals surface area contributed by atoms with Crippen LogP contribution < -0.4 is 4.90 Å². The molecule has 0 radical (unpaired) electrons. The van der Waals surface area contributed by atoms with Crippen LogP contribution in [-0.4, -0.2) is 11.8 Å². The van der Waals surface area contributed by atoms with Gasteiger partial charge in [-0.3, -0.25) is 14.5 Å². The van der Waals surface area contributed by atoms with Crippen LogP contribution in [0.3, 0.4) is 0 Å². The molecule has 0 aromatic heterocycles. The summed E-state index contributed by atoms with van der Waals surface area (Å²) in [5.74, 6) is -1.22. The van der Waals surface area contributed by atoms with Gasteiger partial charge in [-0.05, 0) is 48.4 Å². The summed E-state index contributed by atoms with van der Waals surface area (Å²) in [6.45, 7) is 0. The van der Waals surface area contributed by atoms with Crippen LogP contribution in [0.2, 0.25) is 0 Å². The molecule has 5 heteroatoms. The number of rotatable bonds is 3. The Morgan fingerprint density at radius 3 is 2.32 bits per heavy atom. The van der Waals surface area contributed by atoms with Gasteiger partial charge in [-0.1, -0.05) is 28.1 Å². The Bertz CT molecular complexity index is 712. The summed E-state index contributed by atoms with van der Waals surface area (Å²) in [6.07, 6.45) is 0.710. The van der Waals surface area contributed by atoms with E-state index in [2.05, 4.69) is 15.9 Å². The zero-order valence-corrected chi connectivity index (χ0v) is 13.2. The van der Waals surface area contributed by atoms with E-state index in [9.17, 15) is 14.0 Å². The number of nitrogens with zero attached hydrogens (tertiary/aromatic N) is 1. The second-order valence-electron chi connectivity index (χ2n) is 5.28. The topological polar surface area (TPSA) is 37.4 Å². The van der Waals surface area contributed by atoms with Crippen molar-refractivity contribution < 1.29 is 14.0 Å². The Hall–Kier alpha value is -2.01. The van der Waals surface area contributed by atoms with Crippen LogP contribution in [0.4, 0.5) is 10.1 Å². The lowest BCUT2D eigenvalue weighted by molar-refractivity contribution is -0.122. The number of benzene rings is 2. The van der Waals surface area contributed by atoms with E-state index in [-0.39, 0.29) is 24.2 Å². The minimum Gasteiger partial charge on any atom is -0.274 e. The van der Waals surface area contributed by atoms with Crippen molar-refractivity contribution in [3.8, 4) is 0 Å². The average Bonchev–Trinajstić information content (AvgIpc) is 2.77. The number of hydrogen-bond donors (Lipinski definition) is 0. The normalized spacial score (nSPS) is 18.1. The summed E-state index contributed by atoms with van der Waals surface area (Å²) in [5, 5.41) is 0. The fraction of sp³-hybridized carbons (Fsp3) is 0.176. The minimum atomic E-state index is -0.394. The van der Waals surface area contributed by atoms with Crippen molar-refractivity contribution >= 4 is 33.4 Å². The summed E-state index contributed by atoms with van der Waals surface area (Å²) in [4.78, 5) is 25.8.